The molecular formula is C26H18ClN7O2S. The molecule has 2 amide bonds. The van der Waals surface area contributed by atoms with E-state index in [0.29, 0.717) is 39.0 Å². The van der Waals surface area contributed by atoms with Crippen LogP contribution >= 0.6 is 22.9 Å². The number of nitrogens with zero attached hydrogens (tertiary/aromatic N) is 3. The number of para-hydroxylation sites is 1. The van der Waals surface area contributed by atoms with Crippen molar-refractivity contribution < 1.29 is 9.59 Å². The number of carbonyl (C=O) groups excluding carboxylic acids is 2. The average molecular weight is 528 g/mol. The molecule has 3 heterocycles. The number of benzene rings is 3. The Balaban J connectivity index is 1.24. The number of carbonyl (C=O) groups is 2. The molecule has 0 spiro atoms. The predicted molar refractivity (Wildman–Crippen MR) is 145 cm³/mol. The van der Waals surface area contributed by atoms with Crippen LogP contribution < -0.4 is 10.6 Å². The van der Waals surface area contributed by atoms with Crippen molar-refractivity contribution in [2.45, 2.75) is 6.42 Å². The van der Waals surface area contributed by atoms with Crippen molar-refractivity contribution in [3.05, 3.63) is 88.4 Å². The fraction of sp³-hybridized carbons (Fsp3) is 0.0385. The molecular weight excluding hydrogens is 510 g/mol. The van der Waals surface area contributed by atoms with Crippen LogP contribution in [0.4, 0.5) is 11.4 Å². The molecule has 6 rings (SSSR count). The van der Waals surface area contributed by atoms with Crippen molar-refractivity contribution in [3.8, 4) is 11.4 Å². The van der Waals surface area contributed by atoms with Crippen molar-refractivity contribution in [2.75, 3.05) is 10.6 Å². The van der Waals surface area contributed by atoms with Crippen LogP contribution in [0.5, 0.6) is 0 Å². The topological polar surface area (TPSA) is 128 Å². The third-order valence-electron chi connectivity index (χ3n) is 5.92. The highest BCUT2D eigenvalue weighted by molar-refractivity contribution is 7.17. The number of fused-ring (bicyclic) bond motifs is 2. The lowest BCUT2D eigenvalue weighted by Gasteiger charge is -2.09. The van der Waals surface area contributed by atoms with Gasteiger partial charge in [-0.2, -0.15) is 0 Å². The number of amides is 2. The van der Waals surface area contributed by atoms with Crippen molar-refractivity contribution in [3.63, 3.8) is 0 Å². The van der Waals surface area contributed by atoms with Gasteiger partial charge in [0.1, 0.15) is 5.69 Å². The van der Waals surface area contributed by atoms with E-state index in [2.05, 4.69) is 36.2 Å². The standard InChI is InChI=1S/C26H18ClN7O2S/c27-16-8-9-19(18(12-16)25-31-33-34-32-25)30-26(36)21-10-14-4-3-6-20(24(14)29-21)28-23(35)11-15-13-37-22-7-2-1-5-17(15)22/h1-10,12-13,29H,11H2,(H,28,35)(H,30,36)(H,31,32,33,34). The monoisotopic (exact) mass is 527 g/mol. The fourth-order valence-corrected chi connectivity index (χ4v) is 5.34. The first kappa shape index (κ1) is 22.9. The number of halogens is 1. The summed E-state index contributed by atoms with van der Waals surface area (Å²) < 4.78 is 1.15. The predicted octanol–water partition coefficient (Wildman–Crippen LogP) is 5.65. The van der Waals surface area contributed by atoms with Crippen LogP contribution in [0.1, 0.15) is 16.1 Å². The van der Waals surface area contributed by atoms with Gasteiger partial charge in [-0.1, -0.05) is 41.9 Å². The zero-order valence-electron chi connectivity index (χ0n) is 19.1. The molecule has 0 saturated heterocycles. The Morgan fingerprint density at radius 1 is 0.973 bits per heavy atom. The Hall–Kier alpha value is -4.54. The van der Waals surface area contributed by atoms with Crippen LogP contribution in [0.15, 0.2) is 72.1 Å². The second kappa shape index (κ2) is 9.49. The van der Waals surface area contributed by atoms with E-state index >= 15 is 0 Å². The maximum atomic E-state index is 13.1. The summed E-state index contributed by atoms with van der Waals surface area (Å²) in [6.45, 7) is 0. The molecule has 0 fully saturated rings. The molecule has 3 aromatic carbocycles. The SMILES string of the molecule is O=C(Cc1csc2ccccc12)Nc1cccc2cc(C(=O)Nc3ccc(Cl)cc3-c3nnn[nH]3)[nH]c12. The maximum absolute atomic E-state index is 13.1. The number of thiophene rings is 1. The van der Waals surface area contributed by atoms with Crippen LogP contribution in [-0.2, 0) is 11.2 Å². The van der Waals surface area contributed by atoms with Crippen molar-refractivity contribution >= 4 is 67.1 Å². The number of hydrogen-bond acceptors (Lipinski definition) is 6. The van der Waals surface area contributed by atoms with E-state index in [4.69, 9.17) is 11.6 Å². The number of H-pyrrole nitrogens is 2. The first-order valence-electron chi connectivity index (χ1n) is 11.3. The Kier molecular flexibility index (Phi) is 5.87. The summed E-state index contributed by atoms with van der Waals surface area (Å²) in [7, 11) is 0. The van der Waals surface area contributed by atoms with E-state index in [0.717, 1.165) is 21.0 Å². The Morgan fingerprint density at radius 3 is 2.73 bits per heavy atom. The van der Waals surface area contributed by atoms with E-state index in [-0.39, 0.29) is 18.2 Å². The second-order valence-corrected chi connectivity index (χ2v) is 9.68. The van der Waals surface area contributed by atoms with Gasteiger partial charge >= 0.3 is 0 Å². The maximum Gasteiger partial charge on any atom is 0.272 e. The molecule has 0 aliphatic rings. The molecule has 182 valence electrons. The lowest BCUT2D eigenvalue weighted by molar-refractivity contribution is -0.115. The number of rotatable bonds is 6. The van der Waals surface area contributed by atoms with E-state index in [1.165, 1.54) is 0 Å². The van der Waals surface area contributed by atoms with E-state index in [1.807, 2.05) is 41.8 Å². The lowest BCUT2D eigenvalue weighted by Crippen LogP contribution is -2.15. The van der Waals surface area contributed by atoms with E-state index in [1.54, 1.807) is 41.7 Å². The van der Waals surface area contributed by atoms with Gasteiger partial charge in [0.25, 0.3) is 5.91 Å². The van der Waals surface area contributed by atoms with Gasteiger partial charge in [0.2, 0.25) is 5.91 Å². The summed E-state index contributed by atoms with van der Waals surface area (Å²) in [6, 6.07) is 20.3. The third-order valence-corrected chi connectivity index (χ3v) is 7.16. The molecule has 0 bridgehead atoms. The molecule has 0 radical (unpaired) electrons. The number of anilines is 2. The highest BCUT2D eigenvalue weighted by Crippen LogP contribution is 2.30. The Bertz CT molecular complexity index is 1770. The largest absolute Gasteiger partial charge is 0.349 e. The minimum Gasteiger partial charge on any atom is -0.349 e. The van der Waals surface area contributed by atoms with Gasteiger partial charge in [0.15, 0.2) is 5.82 Å². The highest BCUT2D eigenvalue weighted by atomic mass is 35.5. The molecule has 0 unspecified atom stereocenters. The first-order chi connectivity index (χ1) is 18.0. The molecule has 9 nitrogen and oxygen atoms in total. The van der Waals surface area contributed by atoms with Crippen molar-refractivity contribution in [2.24, 2.45) is 0 Å². The Labute approximate surface area is 218 Å². The zero-order valence-corrected chi connectivity index (χ0v) is 20.7. The van der Waals surface area contributed by atoms with Gasteiger partial charge in [-0.05, 0) is 63.2 Å². The van der Waals surface area contributed by atoms with Gasteiger partial charge in [-0.15, -0.1) is 16.4 Å². The van der Waals surface area contributed by atoms with Crippen molar-refractivity contribution in [1.29, 1.82) is 0 Å². The van der Waals surface area contributed by atoms with Crippen LogP contribution in [0.2, 0.25) is 5.02 Å². The van der Waals surface area contributed by atoms with Gasteiger partial charge in [0.05, 0.1) is 23.3 Å². The molecule has 0 saturated carbocycles. The van der Waals surface area contributed by atoms with Crippen LogP contribution in [-0.4, -0.2) is 37.4 Å². The zero-order chi connectivity index (χ0) is 25.4. The van der Waals surface area contributed by atoms with E-state index in [9.17, 15) is 9.59 Å². The minimum absolute atomic E-state index is 0.136. The summed E-state index contributed by atoms with van der Waals surface area (Å²) in [4.78, 5) is 29.2. The van der Waals surface area contributed by atoms with Gasteiger partial charge < -0.3 is 15.6 Å². The highest BCUT2D eigenvalue weighted by Gasteiger charge is 2.17. The van der Waals surface area contributed by atoms with Gasteiger partial charge in [0, 0.05) is 20.7 Å². The van der Waals surface area contributed by atoms with Crippen molar-refractivity contribution in [1.82, 2.24) is 25.6 Å². The van der Waals surface area contributed by atoms with E-state index < -0.39 is 0 Å². The molecule has 11 heteroatoms. The van der Waals surface area contributed by atoms with Gasteiger partial charge in [-0.3, -0.25) is 9.59 Å². The minimum atomic E-state index is -0.366. The molecule has 0 aliphatic carbocycles. The average Bonchev–Trinajstić information content (AvgIpc) is 3.66. The summed E-state index contributed by atoms with van der Waals surface area (Å²) in [5, 5.41) is 24.0. The molecule has 0 aliphatic heterocycles. The quantitative estimate of drug-likeness (QED) is 0.222. The second-order valence-electron chi connectivity index (χ2n) is 8.33. The van der Waals surface area contributed by atoms with Gasteiger partial charge in [-0.25, -0.2) is 5.10 Å². The summed E-state index contributed by atoms with van der Waals surface area (Å²) in [5.41, 5.74) is 3.61. The lowest BCUT2D eigenvalue weighted by atomic mass is 10.1. The number of aromatic nitrogens is 5. The fourth-order valence-electron chi connectivity index (χ4n) is 4.20. The number of tetrazole rings is 1. The number of aromatic amines is 2. The smallest absolute Gasteiger partial charge is 0.272 e. The number of hydrogen-bond donors (Lipinski definition) is 4. The first-order valence-corrected chi connectivity index (χ1v) is 12.5. The summed E-state index contributed by atoms with van der Waals surface area (Å²) in [5.74, 6) is -0.129. The van der Waals surface area contributed by atoms with Crippen LogP contribution in [0.3, 0.4) is 0 Å². The summed E-state index contributed by atoms with van der Waals surface area (Å²) >= 11 is 7.76. The molecule has 0 atom stereocenters. The normalized spacial score (nSPS) is 11.2. The molecule has 4 N–H and O–H groups in total. The van der Waals surface area contributed by atoms with Crippen LogP contribution in [0, 0.1) is 0 Å². The Morgan fingerprint density at radius 2 is 1.86 bits per heavy atom. The molecule has 3 aromatic heterocycles. The summed E-state index contributed by atoms with van der Waals surface area (Å²) in [6.07, 6.45) is 0.254. The third kappa shape index (κ3) is 4.55. The number of nitrogens with one attached hydrogen (secondary N) is 4. The molecule has 6 aromatic rings. The molecule has 37 heavy (non-hydrogen) atoms. The van der Waals surface area contributed by atoms with Crippen LogP contribution in [0.25, 0.3) is 32.4 Å².